The molecule has 0 radical (unpaired) electrons. The highest BCUT2D eigenvalue weighted by molar-refractivity contribution is 5.94. The Kier molecular flexibility index (Phi) is 8.30. The third-order valence-corrected chi connectivity index (χ3v) is 5.85. The van der Waals surface area contributed by atoms with Gasteiger partial charge in [0.05, 0.1) is 12.8 Å². The lowest BCUT2D eigenvalue weighted by Gasteiger charge is -2.36. The van der Waals surface area contributed by atoms with Gasteiger partial charge < -0.3 is 9.64 Å². The number of rotatable bonds is 9. The molecule has 0 atom stereocenters. The highest BCUT2D eigenvalue weighted by Crippen LogP contribution is 2.17. The molecule has 34 heavy (non-hydrogen) atoms. The minimum absolute atomic E-state index is 0.220. The summed E-state index contributed by atoms with van der Waals surface area (Å²) < 4.78 is 5.57. The van der Waals surface area contributed by atoms with Crippen LogP contribution in [-0.2, 0) is 6.54 Å². The maximum atomic E-state index is 12.4. The van der Waals surface area contributed by atoms with Crippen molar-refractivity contribution in [3.8, 4) is 5.75 Å². The lowest BCUT2D eigenvalue weighted by molar-refractivity contribution is 0.0955. The van der Waals surface area contributed by atoms with Crippen LogP contribution >= 0.6 is 0 Å². The second kappa shape index (κ2) is 12.0. The summed E-state index contributed by atoms with van der Waals surface area (Å²) in [5, 5.41) is 4.08. The Morgan fingerprint density at radius 1 is 0.941 bits per heavy atom. The number of para-hydroxylation sites is 1. The van der Waals surface area contributed by atoms with E-state index in [0.717, 1.165) is 50.5 Å². The second-order valence-corrected chi connectivity index (χ2v) is 8.41. The molecule has 0 spiro atoms. The van der Waals surface area contributed by atoms with Crippen LogP contribution in [0.15, 0.2) is 84.0 Å². The van der Waals surface area contributed by atoms with Gasteiger partial charge in [-0.05, 0) is 66.1 Å². The van der Waals surface area contributed by atoms with Crippen molar-refractivity contribution in [2.45, 2.75) is 19.9 Å². The standard InChI is InChI=1S/C28H32N4O2/c1-2-20-34-27-14-10-23(11-15-27)21-29-30-28(33)25-12-8-24(9-13-25)22-31-16-18-32(19-17-31)26-6-4-3-5-7-26/h3-15,21H,2,16-20,22H2,1H3,(H,30,33)/b29-21-. The number of hydrogen-bond donors (Lipinski definition) is 1. The van der Waals surface area contributed by atoms with Crippen molar-refractivity contribution in [1.29, 1.82) is 0 Å². The van der Waals surface area contributed by atoms with Gasteiger partial charge in [0.2, 0.25) is 0 Å². The smallest absolute Gasteiger partial charge is 0.271 e. The van der Waals surface area contributed by atoms with Gasteiger partial charge in [0.1, 0.15) is 5.75 Å². The number of hydrogen-bond acceptors (Lipinski definition) is 5. The molecule has 6 heteroatoms. The van der Waals surface area contributed by atoms with Crippen LogP contribution in [0.1, 0.15) is 34.8 Å². The van der Waals surface area contributed by atoms with Gasteiger partial charge in [0.15, 0.2) is 0 Å². The predicted molar refractivity (Wildman–Crippen MR) is 138 cm³/mol. The first-order chi connectivity index (χ1) is 16.7. The molecule has 1 heterocycles. The highest BCUT2D eigenvalue weighted by Gasteiger charge is 2.17. The molecule has 1 fully saturated rings. The first-order valence-corrected chi connectivity index (χ1v) is 11.9. The monoisotopic (exact) mass is 456 g/mol. The average Bonchev–Trinajstić information content (AvgIpc) is 2.89. The molecular formula is C28H32N4O2. The number of hydrazone groups is 1. The van der Waals surface area contributed by atoms with Crippen LogP contribution in [0.3, 0.4) is 0 Å². The maximum Gasteiger partial charge on any atom is 0.271 e. The molecule has 3 aromatic rings. The Morgan fingerprint density at radius 3 is 2.32 bits per heavy atom. The topological polar surface area (TPSA) is 57.2 Å². The average molecular weight is 457 g/mol. The first-order valence-electron chi connectivity index (χ1n) is 11.9. The van der Waals surface area contributed by atoms with E-state index in [0.29, 0.717) is 12.2 Å². The quantitative estimate of drug-likeness (QED) is 0.379. The van der Waals surface area contributed by atoms with E-state index in [2.05, 4.69) is 57.6 Å². The zero-order chi connectivity index (χ0) is 23.6. The molecule has 0 bridgehead atoms. The Labute approximate surface area is 201 Å². The third kappa shape index (κ3) is 6.68. The van der Waals surface area contributed by atoms with Crippen molar-refractivity contribution in [3.05, 3.63) is 95.6 Å². The van der Waals surface area contributed by atoms with E-state index < -0.39 is 0 Å². The van der Waals surface area contributed by atoms with Crippen molar-refractivity contribution in [2.24, 2.45) is 5.10 Å². The van der Waals surface area contributed by atoms with Gasteiger partial charge in [-0.2, -0.15) is 5.10 Å². The van der Waals surface area contributed by atoms with Crippen LogP contribution in [0.5, 0.6) is 5.75 Å². The summed E-state index contributed by atoms with van der Waals surface area (Å²) in [5.74, 6) is 0.614. The van der Waals surface area contributed by atoms with E-state index in [1.54, 1.807) is 6.21 Å². The van der Waals surface area contributed by atoms with E-state index in [4.69, 9.17) is 4.74 Å². The van der Waals surface area contributed by atoms with Crippen molar-refractivity contribution in [2.75, 3.05) is 37.7 Å². The molecular weight excluding hydrogens is 424 g/mol. The molecule has 0 aromatic heterocycles. The minimum Gasteiger partial charge on any atom is -0.494 e. The van der Waals surface area contributed by atoms with Crippen LogP contribution in [0.2, 0.25) is 0 Å². The summed E-state index contributed by atoms with van der Waals surface area (Å²) in [6, 6.07) is 26.0. The molecule has 3 aromatic carbocycles. The zero-order valence-electron chi connectivity index (χ0n) is 19.7. The number of benzene rings is 3. The molecule has 0 aliphatic carbocycles. The summed E-state index contributed by atoms with van der Waals surface area (Å²) in [6.45, 7) is 7.77. The molecule has 1 saturated heterocycles. The number of nitrogens with one attached hydrogen (secondary N) is 1. The molecule has 4 rings (SSSR count). The number of anilines is 1. The first kappa shape index (κ1) is 23.5. The van der Waals surface area contributed by atoms with E-state index in [-0.39, 0.29) is 5.91 Å². The van der Waals surface area contributed by atoms with Gasteiger partial charge in [-0.25, -0.2) is 5.43 Å². The van der Waals surface area contributed by atoms with Crippen molar-refractivity contribution in [1.82, 2.24) is 10.3 Å². The number of carbonyl (C=O) groups is 1. The van der Waals surface area contributed by atoms with Crippen molar-refractivity contribution < 1.29 is 9.53 Å². The van der Waals surface area contributed by atoms with E-state index in [1.807, 2.05) is 48.5 Å². The van der Waals surface area contributed by atoms with Crippen molar-refractivity contribution >= 4 is 17.8 Å². The molecule has 1 amide bonds. The predicted octanol–water partition coefficient (Wildman–Crippen LogP) is 4.56. The molecule has 0 unspecified atom stereocenters. The summed E-state index contributed by atoms with van der Waals surface area (Å²) in [6.07, 6.45) is 2.60. The number of amides is 1. The molecule has 176 valence electrons. The van der Waals surface area contributed by atoms with E-state index >= 15 is 0 Å². The molecule has 6 nitrogen and oxygen atoms in total. The van der Waals surface area contributed by atoms with E-state index in [9.17, 15) is 4.79 Å². The SMILES string of the molecule is CCCOc1ccc(/C=N\NC(=O)c2ccc(CN3CCN(c4ccccc4)CC3)cc2)cc1. The van der Waals surface area contributed by atoms with Gasteiger partial charge in [-0.15, -0.1) is 0 Å². The largest absolute Gasteiger partial charge is 0.494 e. The highest BCUT2D eigenvalue weighted by atomic mass is 16.5. The summed E-state index contributed by atoms with van der Waals surface area (Å²) in [5.41, 5.74) is 6.59. The van der Waals surface area contributed by atoms with Crippen LogP contribution in [0.4, 0.5) is 5.69 Å². The van der Waals surface area contributed by atoms with Gasteiger partial charge >= 0.3 is 0 Å². The second-order valence-electron chi connectivity index (χ2n) is 8.41. The fourth-order valence-corrected chi connectivity index (χ4v) is 3.92. The number of piperazine rings is 1. The Morgan fingerprint density at radius 2 is 1.65 bits per heavy atom. The van der Waals surface area contributed by atoms with E-state index in [1.165, 1.54) is 11.3 Å². The molecule has 1 aliphatic heterocycles. The molecule has 0 saturated carbocycles. The normalized spacial score (nSPS) is 14.3. The van der Waals surface area contributed by atoms with Crippen molar-refractivity contribution in [3.63, 3.8) is 0 Å². The van der Waals surface area contributed by atoms with Crippen LogP contribution in [0, 0.1) is 0 Å². The molecule has 1 aliphatic rings. The fraction of sp³-hybridized carbons (Fsp3) is 0.286. The van der Waals surface area contributed by atoms with Gasteiger partial charge in [0.25, 0.3) is 5.91 Å². The minimum atomic E-state index is -0.220. The Hall–Kier alpha value is -3.64. The lowest BCUT2D eigenvalue weighted by Crippen LogP contribution is -2.45. The van der Waals surface area contributed by atoms with Crippen LogP contribution < -0.4 is 15.1 Å². The van der Waals surface area contributed by atoms with Gasteiger partial charge in [-0.3, -0.25) is 9.69 Å². The number of carbonyl (C=O) groups excluding carboxylic acids is 1. The van der Waals surface area contributed by atoms with Crippen LogP contribution in [0.25, 0.3) is 0 Å². The summed E-state index contributed by atoms with van der Waals surface area (Å²) >= 11 is 0. The Bertz CT molecular complexity index is 1060. The zero-order valence-corrected chi connectivity index (χ0v) is 19.7. The summed E-state index contributed by atoms with van der Waals surface area (Å²) in [7, 11) is 0. The van der Waals surface area contributed by atoms with Gasteiger partial charge in [-0.1, -0.05) is 37.3 Å². The Balaban J connectivity index is 1.22. The third-order valence-electron chi connectivity index (χ3n) is 5.85. The number of ether oxygens (including phenoxy) is 1. The summed E-state index contributed by atoms with van der Waals surface area (Å²) in [4.78, 5) is 17.3. The lowest BCUT2D eigenvalue weighted by atomic mass is 10.1. The van der Waals surface area contributed by atoms with Gasteiger partial charge in [0, 0.05) is 44.0 Å². The fourth-order valence-electron chi connectivity index (χ4n) is 3.92. The maximum absolute atomic E-state index is 12.4. The number of nitrogens with zero attached hydrogens (tertiary/aromatic N) is 3. The molecule has 1 N–H and O–H groups in total. The van der Waals surface area contributed by atoms with Crippen LogP contribution in [-0.4, -0.2) is 49.8 Å².